The summed E-state index contributed by atoms with van der Waals surface area (Å²) in [5.41, 5.74) is 2.44. The van der Waals surface area contributed by atoms with Crippen LogP contribution < -0.4 is 10.6 Å². The molecule has 20 heavy (non-hydrogen) atoms. The van der Waals surface area contributed by atoms with Crippen LogP contribution in [0.25, 0.3) is 0 Å². The second-order valence-corrected chi connectivity index (χ2v) is 5.38. The molecule has 1 fully saturated rings. The lowest BCUT2D eigenvalue weighted by Gasteiger charge is -2.07. The van der Waals surface area contributed by atoms with Gasteiger partial charge in [0.15, 0.2) is 0 Å². The third kappa shape index (κ3) is 5.72. The molecule has 0 unspecified atom stereocenters. The molecule has 0 radical (unpaired) electrons. The third-order valence-corrected chi connectivity index (χ3v) is 3.33. The van der Waals surface area contributed by atoms with Crippen LogP contribution in [0.15, 0.2) is 24.3 Å². The largest absolute Gasteiger partial charge is 0.380 e. The van der Waals surface area contributed by atoms with Gasteiger partial charge in [0, 0.05) is 26.1 Å². The molecule has 110 valence electrons. The summed E-state index contributed by atoms with van der Waals surface area (Å²) in [6, 6.07) is 8.84. The van der Waals surface area contributed by atoms with Gasteiger partial charge in [-0.25, -0.2) is 0 Å². The average Bonchev–Trinajstić information content (AvgIpc) is 3.23. The fourth-order valence-corrected chi connectivity index (χ4v) is 2.13. The Balaban J connectivity index is 1.57. The maximum Gasteiger partial charge on any atom is 0.220 e. The van der Waals surface area contributed by atoms with Crippen molar-refractivity contribution >= 4 is 5.91 Å². The molecule has 0 heterocycles. The van der Waals surface area contributed by atoms with E-state index in [0.29, 0.717) is 19.1 Å². The number of methoxy groups -OCH3 is 1. The minimum atomic E-state index is 0.191. The summed E-state index contributed by atoms with van der Waals surface area (Å²) in [7, 11) is 1.71. The number of hydrogen-bond acceptors (Lipinski definition) is 3. The van der Waals surface area contributed by atoms with Gasteiger partial charge in [0.2, 0.25) is 5.91 Å². The number of carbonyl (C=O) groups excluding carboxylic acids is 1. The molecule has 1 saturated carbocycles. The van der Waals surface area contributed by atoms with Crippen LogP contribution in [0.1, 0.15) is 36.8 Å². The van der Waals surface area contributed by atoms with E-state index in [-0.39, 0.29) is 5.91 Å². The predicted molar refractivity (Wildman–Crippen MR) is 79.3 cm³/mol. The van der Waals surface area contributed by atoms with Crippen molar-refractivity contribution in [2.75, 3.05) is 13.7 Å². The zero-order valence-corrected chi connectivity index (χ0v) is 12.2. The first-order valence-electron chi connectivity index (χ1n) is 7.35. The molecule has 2 rings (SSSR count). The first-order valence-corrected chi connectivity index (χ1v) is 7.35. The number of hydrogen-bond donors (Lipinski definition) is 2. The zero-order valence-electron chi connectivity index (χ0n) is 12.2. The molecule has 2 N–H and O–H groups in total. The Morgan fingerprint density at radius 1 is 1.35 bits per heavy atom. The van der Waals surface area contributed by atoms with E-state index in [1.54, 1.807) is 7.11 Å². The van der Waals surface area contributed by atoms with Gasteiger partial charge in [-0.1, -0.05) is 24.3 Å². The van der Waals surface area contributed by atoms with E-state index < -0.39 is 0 Å². The fourth-order valence-electron chi connectivity index (χ4n) is 2.13. The number of rotatable bonds is 9. The highest BCUT2D eigenvalue weighted by Crippen LogP contribution is 2.18. The van der Waals surface area contributed by atoms with Gasteiger partial charge in [-0.05, 0) is 36.9 Å². The molecular weight excluding hydrogens is 252 g/mol. The second kappa shape index (κ2) is 8.02. The Labute approximate surface area is 120 Å². The van der Waals surface area contributed by atoms with E-state index >= 15 is 0 Å². The van der Waals surface area contributed by atoms with Gasteiger partial charge < -0.3 is 15.4 Å². The monoisotopic (exact) mass is 276 g/mol. The van der Waals surface area contributed by atoms with Crippen LogP contribution in [-0.4, -0.2) is 25.6 Å². The SMILES string of the molecule is COCc1cccc(CNCCCC(=O)NC2CC2)c1. The smallest absolute Gasteiger partial charge is 0.220 e. The Bertz CT molecular complexity index is 430. The van der Waals surface area contributed by atoms with Crippen molar-refractivity contribution in [1.82, 2.24) is 10.6 Å². The molecular formula is C16H24N2O2. The number of nitrogens with one attached hydrogen (secondary N) is 2. The van der Waals surface area contributed by atoms with Crippen LogP contribution in [0.5, 0.6) is 0 Å². The van der Waals surface area contributed by atoms with Crippen molar-refractivity contribution in [3.05, 3.63) is 35.4 Å². The molecule has 0 saturated heterocycles. The third-order valence-electron chi connectivity index (χ3n) is 3.33. The van der Waals surface area contributed by atoms with Crippen LogP contribution in [-0.2, 0) is 22.7 Å². The highest BCUT2D eigenvalue weighted by atomic mass is 16.5. The van der Waals surface area contributed by atoms with Gasteiger partial charge in [-0.2, -0.15) is 0 Å². The quantitative estimate of drug-likeness (QED) is 0.678. The number of ether oxygens (including phenoxy) is 1. The minimum Gasteiger partial charge on any atom is -0.380 e. The Morgan fingerprint density at radius 2 is 2.15 bits per heavy atom. The van der Waals surface area contributed by atoms with E-state index in [2.05, 4.69) is 34.9 Å². The van der Waals surface area contributed by atoms with E-state index in [1.807, 2.05) is 0 Å². The van der Waals surface area contributed by atoms with E-state index in [1.165, 1.54) is 11.1 Å². The molecule has 0 aromatic heterocycles. The van der Waals surface area contributed by atoms with Crippen molar-refractivity contribution in [1.29, 1.82) is 0 Å². The molecule has 0 bridgehead atoms. The van der Waals surface area contributed by atoms with Gasteiger partial charge in [0.25, 0.3) is 0 Å². The molecule has 4 heteroatoms. The van der Waals surface area contributed by atoms with Crippen molar-refractivity contribution in [2.45, 2.75) is 44.9 Å². The highest BCUT2D eigenvalue weighted by molar-refractivity contribution is 5.76. The first kappa shape index (κ1) is 15.0. The highest BCUT2D eigenvalue weighted by Gasteiger charge is 2.22. The second-order valence-electron chi connectivity index (χ2n) is 5.38. The Morgan fingerprint density at radius 3 is 2.90 bits per heavy atom. The van der Waals surface area contributed by atoms with Gasteiger partial charge in [-0.15, -0.1) is 0 Å². The first-order chi connectivity index (χ1) is 9.78. The number of amides is 1. The topological polar surface area (TPSA) is 50.4 Å². The maximum absolute atomic E-state index is 11.5. The van der Waals surface area contributed by atoms with Crippen LogP contribution >= 0.6 is 0 Å². The summed E-state index contributed by atoms with van der Waals surface area (Å²) in [6.45, 7) is 2.35. The summed E-state index contributed by atoms with van der Waals surface area (Å²) >= 11 is 0. The molecule has 0 atom stereocenters. The molecule has 1 aliphatic carbocycles. The number of carbonyl (C=O) groups is 1. The summed E-state index contributed by atoms with van der Waals surface area (Å²) in [4.78, 5) is 11.5. The van der Waals surface area contributed by atoms with E-state index in [9.17, 15) is 4.79 Å². The minimum absolute atomic E-state index is 0.191. The van der Waals surface area contributed by atoms with Gasteiger partial charge >= 0.3 is 0 Å². The molecule has 0 aliphatic heterocycles. The van der Waals surface area contributed by atoms with Crippen LogP contribution in [0.3, 0.4) is 0 Å². The van der Waals surface area contributed by atoms with Crippen LogP contribution in [0.2, 0.25) is 0 Å². The van der Waals surface area contributed by atoms with Gasteiger partial charge in [-0.3, -0.25) is 4.79 Å². The summed E-state index contributed by atoms with van der Waals surface area (Å²) in [5.74, 6) is 0.191. The predicted octanol–water partition coefficient (Wildman–Crippen LogP) is 1.98. The van der Waals surface area contributed by atoms with Crippen LogP contribution in [0, 0.1) is 0 Å². The van der Waals surface area contributed by atoms with Crippen molar-refractivity contribution in [3.8, 4) is 0 Å². The lowest BCUT2D eigenvalue weighted by Crippen LogP contribution is -2.26. The number of benzene rings is 1. The van der Waals surface area contributed by atoms with Crippen molar-refractivity contribution < 1.29 is 9.53 Å². The van der Waals surface area contributed by atoms with Crippen LogP contribution in [0.4, 0.5) is 0 Å². The van der Waals surface area contributed by atoms with Gasteiger partial charge in [0.1, 0.15) is 0 Å². The standard InChI is InChI=1S/C16H24N2O2/c1-20-12-14-5-2-4-13(10-14)11-17-9-3-6-16(19)18-15-7-8-15/h2,4-5,10,15,17H,3,6-9,11-12H2,1H3,(H,18,19). The summed E-state index contributed by atoms with van der Waals surface area (Å²) < 4.78 is 5.12. The van der Waals surface area contributed by atoms with Crippen molar-refractivity contribution in [2.24, 2.45) is 0 Å². The summed E-state index contributed by atoms with van der Waals surface area (Å²) in [6.07, 6.45) is 3.81. The Kier molecular flexibility index (Phi) is 6.02. The lowest BCUT2D eigenvalue weighted by atomic mass is 10.1. The summed E-state index contributed by atoms with van der Waals surface area (Å²) in [5, 5.41) is 6.38. The molecule has 1 aromatic carbocycles. The maximum atomic E-state index is 11.5. The molecule has 1 aromatic rings. The van der Waals surface area contributed by atoms with E-state index in [4.69, 9.17) is 4.74 Å². The normalized spacial score (nSPS) is 14.2. The molecule has 1 aliphatic rings. The molecule has 4 nitrogen and oxygen atoms in total. The zero-order chi connectivity index (χ0) is 14.2. The van der Waals surface area contributed by atoms with E-state index in [0.717, 1.165) is 32.4 Å². The average molecular weight is 276 g/mol. The Hall–Kier alpha value is -1.39. The fraction of sp³-hybridized carbons (Fsp3) is 0.562. The lowest BCUT2D eigenvalue weighted by molar-refractivity contribution is -0.121. The molecule has 1 amide bonds. The molecule has 0 spiro atoms. The van der Waals surface area contributed by atoms with Gasteiger partial charge in [0.05, 0.1) is 6.61 Å². The van der Waals surface area contributed by atoms with Crippen molar-refractivity contribution in [3.63, 3.8) is 0 Å².